The molecule has 4 aromatic carbocycles. The Morgan fingerprint density at radius 1 is 0.458 bits per heavy atom. The summed E-state index contributed by atoms with van der Waals surface area (Å²) >= 11 is 0. The normalized spacial score (nSPS) is 10.2. The Kier molecular flexibility index (Phi) is 13.1. The molecule has 0 bridgehead atoms. The predicted molar refractivity (Wildman–Crippen MR) is 177 cm³/mol. The van der Waals surface area contributed by atoms with E-state index in [9.17, 15) is 19.2 Å². The molecule has 0 heterocycles. The summed E-state index contributed by atoms with van der Waals surface area (Å²) in [7, 11) is 0. The van der Waals surface area contributed by atoms with Crippen LogP contribution in [-0.4, -0.2) is 50.3 Å². The molecule has 0 unspecified atom stereocenters. The zero-order chi connectivity index (χ0) is 34.1. The average Bonchev–Trinajstić information content (AvgIpc) is 3.12. The van der Waals surface area contributed by atoms with E-state index in [1.165, 1.54) is 24.3 Å². The minimum atomic E-state index is -0.561. The molecule has 10 heteroatoms. The SMILES string of the molecule is C=CC(=O)OCCCOc1ccc(C(=O)Oc2ccc(OC(=O)c3ccc(-c4ccc(OCCCOC(=O)C=C)cc4)cc3)cc2)cc1. The van der Waals surface area contributed by atoms with E-state index < -0.39 is 23.9 Å². The van der Waals surface area contributed by atoms with E-state index in [0.29, 0.717) is 54.4 Å². The molecule has 4 aromatic rings. The summed E-state index contributed by atoms with van der Waals surface area (Å²) in [5.41, 5.74) is 2.55. The minimum absolute atomic E-state index is 0.218. The van der Waals surface area contributed by atoms with E-state index in [4.69, 9.17) is 28.4 Å². The lowest BCUT2D eigenvalue weighted by atomic mass is 10.0. The van der Waals surface area contributed by atoms with E-state index >= 15 is 0 Å². The van der Waals surface area contributed by atoms with Gasteiger partial charge in [-0.3, -0.25) is 0 Å². The van der Waals surface area contributed by atoms with Crippen LogP contribution in [0.1, 0.15) is 33.6 Å². The summed E-state index contributed by atoms with van der Waals surface area (Å²) in [5.74, 6) is -0.218. The lowest BCUT2D eigenvalue weighted by Crippen LogP contribution is -2.10. The second-order valence-electron chi connectivity index (χ2n) is 10.0. The summed E-state index contributed by atoms with van der Waals surface area (Å²) in [6.07, 6.45) is 3.29. The number of carbonyl (C=O) groups excluding carboxylic acids is 4. The van der Waals surface area contributed by atoms with Gasteiger partial charge in [-0.15, -0.1) is 0 Å². The first-order valence-corrected chi connectivity index (χ1v) is 15.0. The number of hydrogen-bond acceptors (Lipinski definition) is 10. The third-order valence-electron chi connectivity index (χ3n) is 6.58. The molecule has 0 atom stereocenters. The third kappa shape index (κ3) is 11.0. The molecule has 10 nitrogen and oxygen atoms in total. The van der Waals surface area contributed by atoms with Gasteiger partial charge in [0, 0.05) is 25.0 Å². The van der Waals surface area contributed by atoms with Crippen LogP contribution in [0.2, 0.25) is 0 Å². The average molecular weight is 651 g/mol. The van der Waals surface area contributed by atoms with Gasteiger partial charge in [0.15, 0.2) is 0 Å². The summed E-state index contributed by atoms with van der Waals surface area (Å²) < 4.78 is 32.0. The Morgan fingerprint density at radius 3 is 1.19 bits per heavy atom. The van der Waals surface area contributed by atoms with Gasteiger partial charge in [0.05, 0.1) is 37.6 Å². The highest BCUT2D eigenvalue weighted by atomic mass is 16.5. The van der Waals surface area contributed by atoms with Crippen molar-refractivity contribution in [3.63, 3.8) is 0 Å². The van der Waals surface area contributed by atoms with Crippen molar-refractivity contribution in [1.29, 1.82) is 0 Å². The molecule has 0 amide bonds. The molecule has 0 fully saturated rings. The summed E-state index contributed by atoms with van der Waals surface area (Å²) in [6.45, 7) is 7.90. The maximum Gasteiger partial charge on any atom is 0.343 e. The van der Waals surface area contributed by atoms with Crippen molar-refractivity contribution in [2.45, 2.75) is 12.8 Å². The fourth-order valence-corrected chi connectivity index (χ4v) is 4.10. The molecule has 0 aliphatic rings. The van der Waals surface area contributed by atoms with Crippen molar-refractivity contribution in [2.24, 2.45) is 0 Å². The van der Waals surface area contributed by atoms with Gasteiger partial charge in [-0.1, -0.05) is 37.4 Å². The fraction of sp³-hybridized carbons (Fsp3) is 0.158. The molecule has 0 saturated heterocycles. The van der Waals surface area contributed by atoms with E-state index in [0.717, 1.165) is 23.3 Å². The third-order valence-corrected chi connectivity index (χ3v) is 6.58. The summed E-state index contributed by atoms with van der Waals surface area (Å²) in [6, 6.07) is 27.1. The van der Waals surface area contributed by atoms with Crippen LogP contribution in [0.15, 0.2) is 122 Å². The number of rotatable bonds is 17. The van der Waals surface area contributed by atoms with Gasteiger partial charge in [-0.25, -0.2) is 19.2 Å². The van der Waals surface area contributed by atoms with Gasteiger partial charge < -0.3 is 28.4 Å². The molecule has 246 valence electrons. The van der Waals surface area contributed by atoms with Crippen LogP contribution in [0.3, 0.4) is 0 Å². The van der Waals surface area contributed by atoms with Crippen molar-refractivity contribution in [2.75, 3.05) is 26.4 Å². The topological polar surface area (TPSA) is 124 Å². The maximum atomic E-state index is 12.7. The molecule has 0 N–H and O–H groups in total. The predicted octanol–water partition coefficient (Wildman–Crippen LogP) is 6.79. The monoisotopic (exact) mass is 650 g/mol. The second-order valence-corrected chi connectivity index (χ2v) is 10.0. The van der Waals surface area contributed by atoms with Gasteiger partial charge in [0.2, 0.25) is 0 Å². The number of hydrogen-bond donors (Lipinski definition) is 0. The van der Waals surface area contributed by atoms with Crippen molar-refractivity contribution >= 4 is 23.9 Å². The first-order chi connectivity index (χ1) is 23.3. The second kappa shape index (κ2) is 18.1. The van der Waals surface area contributed by atoms with E-state index in [-0.39, 0.29) is 19.0 Å². The zero-order valence-electron chi connectivity index (χ0n) is 26.1. The number of esters is 4. The van der Waals surface area contributed by atoms with Gasteiger partial charge in [-0.2, -0.15) is 0 Å². The van der Waals surface area contributed by atoms with E-state index in [1.807, 2.05) is 36.4 Å². The maximum absolute atomic E-state index is 12.7. The highest BCUT2D eigenvalue weighted by molar-refractivity contribution is 5.92. The molecule has 48 heavy (non-hydrogen) atoms. The summed E-state index contributed by atoms with van der Waals surface area (Å²) in [5, 5.41) is 0. The first-order valence-electron chi connectivity index (χ1n) is 15.0. The Balaban J connectivity index is 1.20. The molecule has 4 rings (SSSR count). The summed E-state index contributed by atoms with van der Waals surface area (Å²) in [4.78, 5) is 47.4. The number of ether oxygens (including phenoxy) is 6. The zero-order valence-corrected chi connectivity index (χ0v) is 26.1. The standard InChI is InChI=1S/C38H34O10/c1-3-35(39)45-25-5-23-43-31-15-11-28(12-16-31)27-7-9-29(10-8-27)37(41)47-33-19-21-34(22-20-33)48-38(42)30-13-17-32(18-14-30)44-24-6-26-46-36(40)4-2/h3-4,7-22H,1-2,5-6,23-26H2. The van der Waals surface area contributed by atoms with Crippen molar-refractivity contribution in [3.8, 4) is 34.1 Å². The molecular weight excluding hydrogens is 616 g/mol. The van der Waals surface area contributed by atoms with Crippen LogP contribution in [0.5, 0.6) is 23.0 Å². The number of carbonyl (C=O) groups is 4. The van der Waals surface area contributed by atoms with Gasteiger partial charge >= 0.3 is 23.9 Å². The van der Waals surface area contributed by atoms with Gasteiger partial charge in [-0.05, 0) is 83.9 Å². The Morgan fingerprint density at radius 2 is 0.792 bits per heavy atom. The van der Waals surface area contributed by atoms with E-state index in [2.05, 4.69) is 13.2 Å². The van der Waals surface area contributed by atoms with Crippen LogP contribution in [-0.2, 0) is 19.1 Å². The molecule has 0 radical (unpaired) electrons. The van der Waals surface area contributed by atoms with Crippen molar-refractivity contribution in [3.05, 3.63) is 133 Å². The molecule has 0 aliphatic carbocycles. The molecule has 0 saturated carbocycles. The Bertz CT molecular complexity index is 1690. The van der Waals surface area contributed by atoms with Crippen LogP contribution in [0, 0.1) is 0 Å². The smallest absolute Gasteiger partial charge is 0.343 e. The molecule has 0 aliphatic heterocycles. The lowest BCUT2D eigenvalue weighted by Gasteiger charge is -2.09. The molecule has 0 spiro atoms. The first kappa shape index (κ1) is 34.7. The minimum Gasteiger partial charge on any atom is -0.493 e. The fourth-order valence-electron chi connectivity index (χ4n) is 4.10. The van der Waals surface area contributed by atoms with Gasteiger partial charge in [0.25, 0.3) is 0 Å². The van der Waals surface area contributed by atoms with Crippen molar-refractivity contribution < 1.29 is 47.6 Å². The Hall–Kier alpha value is -6.16. The van der Waals surface area contributed by atoms with E-state index in [1.54, 1.807) is 36.4 Å². The van der Waals surface area contributed by atoms with Crippen LogP contribution in [0.4, 0.5) is 0 Å². The largest absolute Gasteiger partial charge is 0.493 e. The van der Waals surface area contributed by atoms with Crippen LogP contribution >= 0.6 is 0 Å². The van der Waals surface area contributed by atoms with Crippen molar-refractivity contribution in [1.82, 2.24) is 0 Å². The van der Waals surface area contributed by atoms with Crippen LogP contribution in [0.25, 0.3) is 11.1 Å². The lowest BCUT2D eigenvalue weighted by molar-refractivity contribution is -0.138. The highest BCUT2D eigenvalue weighted by Gasteiger charge is 2.12. The highest BCUT2D eigenvalue weighted by Crippen LogP contribution is 2.24. The number of benzene rings is 4. The van der Waals surface area contributed by atoms with Gasteiger partial charge in [0.1, 0.15) is 23.0 Å². The Labute approximate surface area is 278 Å². The molecule has 0 aromatic heterocycles. The van der Waals surface area contributed by atoms with Crippen LogP contribution < -0.4 is 18.9 Å². The molecular formula is C38H34O10. The quantitative estimate of drug-likeness (QED) is 0.0522.